The normalized spacial score (nSPS) is 16.4. The Kier molecular flexibility index (Phi) is 6.41. The van der Waals surface area contributed by atoms with Gasteiger partial charge in [-0.3, -0.25) is 20.0 Å². The molecule has 2 heterocycles. The van der Waals surface area contributed by atoms with Gasteiger partial charge in [0, 0.05) is 37.8 Å². The van der Waals surface area contributed by atoms with Gasteiger partial charge in [0.1, 0.15) is 10.9 Å². The monoisotopic (exact) mass is 467 g/mol. The number of primary amides is 1. The Morgan fingerprint density at radius 1 is 1.03 bits per heavy atom. The molecule has 0 radical (unpaired) electrons. The highest BCUT2D eigenvalue weighted by molar-refractivity contribution is 7.89. The highest BCUT2D eigenvalue weighted by Crippen LogP contribution is 2.28. The van der Waals surface area contributed by atoms with Crippen LogP contribution in [0.25, 0.3) is 10.9 Å². The van der Waals surface area contributed by atoms with Crippen LogP contribution in [-0.4, -0.2) is 60.7 Å². The summed E-state index contributed by atoms with van der Waals surface area (Å²) in [6.07, 6.45) is 1.65. The van der Waals surface area contributed by atoms with Gasteiger partial charge in [0.05, 0.1) is 5.52 Å². The van der Waals surface area contributed by atoms with Gasteiger partial charge in [-0.2, -0.15) is 4.31 Å². The van der Waals surface area contributed by atoms with Crippen LogP contribution in [0.2, 0.25) is 0 Å². The predicted octanol–water partition coefficient (Wildman–Crippen LogP) is 1.79. The Morgan fingerprint density at radius 3 is 2.39 bits per heavy atom. The van der Waals surface area contributed by atoms with Crippen molar-refractivity contribution in [2.45, 2.75) is 17.9 Å². The topological polar surface area (TPSA) is 126 Å². The lowest BCUT2D eigenvalue weighted by atomic mass is 10.0. The molecule has 1 aliphatic heterocycles. The van der Waals surface area contributed by atoms with Crippen LogP contribution in [0.15, 0.2) is 65.7 Å². The van der Waals surface area contributed by atoms with Crippen molar-refractivity contribution in [2.75, 3.05) is 26.2 Å². The molecule has 0 bridgehead atoms. The Bertz CT molecular complexity index is 1290. The molecule has 4 rings (SSSR count). The van der Waals surface area contributed by atoms with E-state index in [9.17, 15) is 18.0 Å². The lowest BCUT2D eigenvalue weighted by Gasteiger charge is -2.38. The molecule has 1 unspecified atom stereocenters. The molecule has 3 amide bonds. The lowest BCUT2D eigenvalue weighted by Crippen LogP contribution is -2.53. The van der Waals surface area contributed by atoms with E-state index in [-0.39, 0.29) is 18.0 Å². The van der Waals surface area contributed by atoms with E-state index >= 15 is 0 Å². The summed E-state index contributed by atoms with van der Waals surface area (Å²) in [6.45, 7) is 2.91. The smallest absolute Gasteiger partial charge is 0.318 e. The van der Waals surface area contributed by atoms with Crippen molar-refractivity contribution in [2.24, 2.45) is 5.73 Å². The Hall–Kier alpha value is -3.34. The predicted molar refractivity (Wildman–Crippen MR) is 124 cm³/mol. The van der Waals surface area contributed by atoms with Crippen molar-refractivity contribution in [1.29, 1.82) is 0 Å². The summed E-state index contributed by atoms with van der Waals surface area (Å²) in [5.41, 5.74) is 7.24. The van der Waals surface area contributed by atoms with Gasteiger partial charge in [-0.05, 0) is 30.2 Å². The van der Waals surface area contributed by atoms with Crippen LogP contribution in [0.1, 0.15) is 17.2 Å². The molecular formula is C23H25N5O4S. The molecule has 172 valence electrons. The van der Waals surface area contributed by atoms with Gasteiger partial charge < -0.3 is 5.73 Å². The molecule has 3 N–H and O–H groups in total. The van der Waals surface area contributed by atoms with E-state index in [0.717, 1.165) is 10.9 Å². The molecule has 33 heavy (non-hydrogen) atoms. The van der Waals surface area contributed by atoms with Gasteiger partial charge in [-0.15, -0.1) is 0 Å². The molecule has 1 saturated heterocycles. The quantitative estimate of drug-likeness (QED) is 0.589. The summed E-state index contributed by atoms with van der Waals surface area (Å²) in [4.78, 5) is 30.4. The fourth-order valence-corrected chi connectivity index (χ4v) is 5.73. The van der Waals surface area contributed by atoms with Crippen molar-refractivity contribution < 1.29 is 18.0 Å². The molecule has 0 aliphatic carbocycles. The summed E-state index contributed by atoms with van der Waals surface area (Å²) in [5.74, 6) is -0.543. The maximum absolute atomic E-state index is 13.4. The Morgan fingerprint density at radius 2 is 1.73 bits per heavy atom. The molecule has 1 aromatic heterocycles. The number of aromatic nitrogens is 1. The molecular weight excluding hydrogens is 442 g/mol. The summed E-state index contributed by atoms with van der Waals surface area (Å²) >= 11 is 0. The number of urea groups is 1. The van der Waals surface area contributed by atoms with Crippen LogP contribution >= 0.6 is 0 Å². The average molecular weight is 468 g/mol. The number of hydrogen-bond acceptors (Lipinski definition) is 6. The third-order valence-corrected chi connectivity index (χ3v) is 7.61. The number of nitrogens with one attached hydrogen (secondary N) is 1. The van der Waals surface area contributed by atoms with Crippen molar-refractivity contribution in [3.63, 3.8) is 0 Å². The first-order valence-corrected chi connectivity index (χ1v) is 12.0. The van der Waals surface area contributed by atoms with E-state index in [0.29, 0.717) is 24.2 Å². The Labute approximate surface area is 192 Å². The largest absolute Gasteiger partial charge is 0.351 e. The van der Waals surface area contributed by atoms with Gasteiger partial charge in [-0.1, -0.05) is 42.5 Å². The highest BCUT2D eigenvalue weighted by atomic mass is 32.2. The Balaban J connectivity index is 1.57. The number of nitrogens with zero attached hydrogens (tertiary/aromatic N) is 3. The molecule has 3 aromatic rings. The second-order valence-corrected chi connectivity index (χ2v) is 9.85. The first-order valence-electron chi connectivity index (χ1n) is 10.5. The molecule has 0 spiro atoms. The van der Waals surface area contributed by atoms with Crippen molar-refractivity contribution in [3.05, 3.63) is 71.9 Å². The number of nitrogens with two attached hydrogens (primary N) is 1. The molecule has 1 atom stereocenters. The number of sulfonamides is 1. The van der Waals surface area contributed by atoms with Crippen LogP contribution in [-0.2, 0) is 14.8 Å². The molecule has 10 heteroatoms. The van der Waals surface area contributed by atoms with E-state index < -0.39 is 28.0 Å². The molecule has 1 fully saturated rings. The maximum Gasteiger partial charge on any atom is 0.318 e. The number of fused-ring (bicyclic) bond motifs is 1. The third kappa shape index (κ3) is 4.72. The lowest BCUT2D eigenvalue weighted by molar-refractivity contribution is -0.126. The number of piperazine rings is 1. The number of imide groups is 1. The third-order valence-electron chi connectivity index (χ3n) is 5.68. The summed E-state index contributed by atoms with van der Waals surface area (Å²) < 4.78 is 28.3. The van der Waals surface area contributed by atoms with E-state index in [1.54, 1.807) is 42.6 Å². The van der Waals surface area contributed by atoms with Crippen LogP contribution in [0.5, 0.6) is 0 Å². The first-order chi connectivity index (χ1) is 15.8. The summed E-state index contributed by atoms with van der Waals surface area (Å²) in [5, 5.41) is 2.91. The molecule has 9 nitrogen and oxygen atoms in total. The van der Waals surface area contributed by atoms with Crippen molar-refractivity contribution >= 4 is 32.9 Å². The maximum atomic E-state index is 13.4. The minimum atomic E-state index is -3.78. The average Bonchev–Trinajstić information content (AvgIpc) is 2.79. The summed E-state index contributed by atoms with van der Waals surface area (Å²) in [7, 11) is -3.78. The highest BCUT2D eigenvalue weighted by Gasteiger charge is 2.35. The fourth-order valence-electron chi connectivity index (χ4n) is 4.15. The number of amides is 3. The van der Waals surface area contributed by atoms with E-state index in [1.807, 2.05) is 30.0 Å². The standard InChI is InChI=1S/C23H25N5O4S/c1-16-14-18-8-5-9-19(20(18)25-15-16)33(31,32)28-12-10-27(11-13-28)21(22(29)26-23(24)30)17-6-3-2-4-7-17/h2-9,14-15,21H,10-13H2,1H3,(H3,24,26,29,30). The van der Waals surface area contributed by atoms with Crippen molar-refractivity contribution in [3.8, 4) is 0 Å². The molecule has 2 aromatic carbocycles. The second kappa shape index (κ2) is 9.26. The zero-order valence-corrected chi connectivity index (χ0v) is 19.0. The first kappa shape index (κ1) is 22.8. The van der Waals surface area contributed by atoms with Crippen LogP contribution in [0.4, 0.5) is 4.79 Å². The molecule has 1 aliphatic rings. The zero-order valence-electron chi connectivity index (χ0n) is 18.1. The van der Waals surface area contributed by atoms with Gasteiger partial charge in [0.25, 0.3) is 0 Å². The van der Waals surface area contributed by atoms with E-state index in [4.69, 9.17) is 5.73 Å². The van der Waals surface area contributed by atoms with Crippen molar-refractivity contribution in [1.82, 2.24) is 19.5 Å². The van der Waals surface area contributed by atoms with Crippen LogP contribution in [0.3, 0.4) is 0 Å². The minimum absolute atomic E-state index is 0.166. The molecule has 0 saturated carbocycles. The SMILES string of the molecule is Cc1cnc2c(S(=O)(=O)N3CCN(C(C(=O)NC(N)=O)c4ccccc4)CC3)cccc2c1. The van der Waals surface area contributed by atoms with Crippen LogP contribution in [0, 0.1) is 6.92 Å². The summed E-state index contributed by atoms with van der Waals surface area (Å²) in [6, 6.07) is 14.4. The number of carbonyl (C=O) groups is 2. The van der Waals surface area contributed by atoms with E-state index in [2.05, 4.69) is 10.3 Å². The number of aryl methyl sites for hydroxylation is 1. The van der Waals surface area contributed by atoms with Crippen LogP contribution < -0.4 is 11.1 Å². The number of rotatable bonds is 5. The number of carbonyl (C=O) groups excluding carboxylic acids is 2. The second-order valence-electron chi connectivity index (χ2n) is 7.95. The zero-order chi connectivity index (χ0) is 23.6. The van der Waals surface area contributed by atoms with Gasteiger partial charge in [0.2, 0.25) is 15.9 Å². The number of para-hydroxylation sites is 1. The van der Waals surface area contributed by atoms with Gasteiger partial charge >= 0.3 is 6.03 Å². The van der Waals surface area contributed by atoms with Gasteiger partial charge in [0.15, 0.2) is 0 Å². The fraction of sp³-hybridized carbons (Fsp3) is 0.261. The van der Waals surface area contributed by atoms with E-state index in [1.165, 1.54) is 4.31 Å². The number of benzene rings is 2. The minimum Gasteiger partial charge on any atom is -0.351 e. The number of pyridine rings is 1. The number of hydrogen-bond donors (Lipinski definition) is 2. The van der Waals surface area contributed by atoms with Gasteiger partial charge in [-0.25, -0.2) is 13.2 Å².